The molecule has 3 heteroatoms. The zero-order valence-electron chi connectivity index (χ0n) is 10.4. The van der Waals surface area contributed by atoms with Crippen molar-refractivity contribution in [2.75, 3.05) is 0 Å². The molecule has 2 aromatic carbocycles. The number of rotatable bonds is 2. The molecular formula is C16H13FO2. The molecule has 0 aliphatic rings. The summed E-state index contributed by atoms with van der Waals surface area (Å²) >= 11 is 0. The Bertz CT molecular complexity index is 730. The average Bonchev–Trinajstić information content (AvgIpc) is 2.84. The second-order valence-electron chi connectivity index (χ2n) is 4.61. The number of halogens is 1. The first-order valence-electron chi connectivity index (χ1n) is 6.07. The van der Waals surface area contributed by atoms with Crippen molar-refractivity contribution in [2.45, 2.75) is 13.0 Å². The van der Waals surface area contributed by atoms with Gasteiger partial charge in [0, 0.05) is 16.5 Å². The highest BCUT2D eigenvalue weighted by molar-refractivity contribution is 5.81. The third-order valence-electron chi connectivity index (χ3n) is 3.25. The van der Waals surface area contributed by atoms with Crippen LogP contribution >= 0.6 is 0 Å². The number of furan rings is 1. The lowest BCUT2D eigenvalue weighted by atomic mass is 9.99. The molecule has 3 aromatic rings. The monoisotopic (exact) mass is 256 g/mol. The SMILES string of the molecule is Cc1ccc(F)c(C(O)c2coc3ccccc23)c1. The first-order valence-corrected chi connectivity index (χ1v) is 6.07. The molecule has 0 amide bonds. The summed E-state index contributed by atoms with van der Waals surface area (Å²) in [5.41, 5.74) is 2.44. The van der Waals surface area contributed by atoms with E-state index >= 15 is 0 Å². The molecule has 2 nitrogen and oxygen atoms in total. The fourth-order valence-electron chi connectivity index (χ4n) is 2.25. The van der Waals surface area contributed by atoms with Crippen LogP contribution in [0.2, 0.25) is 0 Å². The molecule has 1 atom stereocenters. The third kappa shape index (κ3) is 2.02. The number of hydrogen-bond donors (Lipinski definition) is 1. The maximum absolute atomic E-state index is 13.8. The lowest BCUT2D eigenvalue weighted by Gasteiger charge is -2.11. The molecule has 0 spiro atoms. The molecule has 0 fully saturated rings. The van der Waals surface area contributed by atoms with Crippen LogP contribution in [0, 0.1) is 12.7 Å². The largest absolute Gasteiger partial charge is 0.464 e. The molecule has 0 bridgehead atoms. The number of fused-ring (bicyclic) bond motifs is 1. The summed E-state index contributed by atoms with van der Waals surface area (Å²) in [4.78, 5) is 0. The topological polar surface area (TPSA) is 33.4 Å². The summed E-state index contributed by atoms with van der Waals surface area (Å²) in [6.07, 6.45) is 0.459. The highest BCUT2D eigenvalue weighted by Gasteiger charge is 2.19. The van der Waals surface area contributed by atoms with E-state index in [0.29, 0.717) is 11.1 Å². The molecule has 96 valence electrons. The fourth-order valence-corrected chi connectivity index (χ4v) is 2.25. The third-order valence-corrected chi connectivity index (χ3v) is 3.25. The maximum Gasteiger partial charge on any atom is 0.134 e. The molecule has 1 unspecified atom stereocenters. The van der Waals surface area contributed by atoms with Crippen molar-refractivity contribution in [3.05, 3.63) is 71.2 Å². The Morgan fingerprint density at radius 2 is 1.89 bits per heavy atom. The first kappa shape index (κ1) is 11.9. The van der Waals surface area contributed by atoms with Crippen LogP contribution in [0.5, 0.6) is 0 Å². The normalized spacial score (nSPS) is 12.8. The van der Waals surface area contributed by atoms with Gasteiger partial charge in [0.15, 0.2) is 0 Å². The zero-order chi connectivity index (χ0) is 13.4. The van der Waals surface area contributed by atoms with E-state index in [1.807, 2.05) is 31.2 Å². The van der Waals surface area contributed by atoms with Crippen LogP contribution in [0.4, 0.5) is 4.39 Å². The van der Waals surface area contributed by atoms with Crippen molar-refractivity contribution in [3.8, 4) is 0 Å². The molecule has 1 heterocycles. The van der Waals surface area contributed by atoms with Gasteiger partial charge in [-0.05, 0) is 19.1 Å². The summed E-state index contributed by atoms with van der Waals surface area (Å²) in [6, 6.07) is 12.1. The molecule has 0 saturated carbocycles. The number of aliphatic hydroxyl groups is 1. The van der Waals surface area contributed by atoms with E-state index in [1.165, 1.54) is 12.3 Å². The minimum Gasteiger partial charge on any atom is -0.464 e. The van der Waals surface area contributed by atoms with Gasteiger partial charge in [-0.15, -0.1) is 0 Å². The summed E-state index contributed by atoms with van der Waals surface area (Å²) in [7, 11) is 0. The van der Waals surface area contributed by atoms with Gasteiger partial charge in [-0.25, -0.2) is 4.39 Å². The molecule has 0 aliphatic carbocycles. The molecular weight excluding hydrogens is 243 g/mol. The van der Waals surface area contributed by atoms with Crippen LogP contribution in [0.3, 0.4) is 0 Å². The van der Waals surface area contributed by atoms with Crippen LogP contribution in [-0.2, 0) is 0 Å². The fraction of sp³-hybridized carbons (Fsp3) is 0.125. The summed E-state index contributed by atoms with van der Waals surface area (Å²) in [6.45, 7) is 1.86. The Morgan fingerprint density at radius 3 is 2.74 bits per heavy atom. The van der Waals surface area contributed by atoms with E-state index in [1.54, 1.807) is 12.1 Å². The van der Waals surface area contributed by atoms with Gasteiger partial charge in [0.2, 0.25) is 0 Å². The number of aryl methyl sites for hydroxylation is 1. The average molecular weight is 256 g/mol. The van der Waals surface area contributed by atoms with Crippen molar-refractivity contribution < 1.29 is 13.9 Å². The van der Waals surface area contributed by atoms with E-state index in [9.17, 15) is 9.50 Å². The lowest BCUT2D eigenvalue weighted by molar-refractivity contribution is 0.215. The number of aliphatic hydroxyl groups excluding tert-OH is 1. The predicted molar refractivity (Wildman–Crippen MR) is 71.4 cm³/mol. The summed E-state index contributed by atoms with van der Waals surface area (Å²) in [5.74, 6) is -0.414. The Labute approximate surface area is 110 Å². The van der Waals surface area contributed by atoms with Gasteiger partial charge in [0.25, 0.3) is 0 Å². The van der Waals surface area contributed by atoms with Crippen LogP contribution in [0.1, 0.15) is 22.8 Å². The summed E-state index contributed by atoms with van der Waals surface area (Å²) < 4.78 is 19.2. The van der Waals surface area contributed by atoms with E-state index < -0.39 is 11.9 Å². The van der Waals surface area contributed by atoms with E-state index in [0.717, 1.165) is 10.9 Å². The highest BCUT2D eigenvalue weighted by atomic mass is 19.1. The van der Waals surface area contributed by atoms with Gasteiger partial charge in [0.05, 0.1) is 6.26 Å². The van der Waals surface area contributed by atoms with Gasteiger partial charge in [-0.3, -0.25) is 0 Å². The van der Waals surface area contributed by atoms with Crippen LogP contribution in [0.15, 0.2) is 53.1 Å². The van der Waals surface area contributed by atoms with E-state index in [4.69, 9.17) is 4.42 Å². The van der Waals surface area contributed by atoms with Crippen LogP contribution < -0.4 is 0 Å². The standard InChI is InChI=1S/C16H13FO2/c1-10-6-7-14(17)12(8-10)16(18)13-9-19-15-5-3-2-4-11(13)15/h2-9,16,18H,1H3. The smallest absolute Gasteiger partial charge is 0.134 e. The van der Waals surface area contributed by atoms with E-state index in [2.05, 4.69) is 0 Å². The quantitative estimate of drug-likeness (QED) is 0.752. The van der Waals surface area contributed by atoms with Crippen molar-refractivity contribution in [3.63, 3.8) is 0 Å². The van der Waals surface area contributed by atoms with Gasteiger partial charge in [-0.2, -0.15) is 0 Å². The van der Waals surface area contributed by atoms with Crippen molar-refractivity contribution in [2.24, 2.45) is 0 Å². The van der Waals surface area contributed by atoms with Crippen LogP contribution in [-0.4, -0.2) is 5.11 Å². The van der Waals surface area contributed by atoms with Crippen molar-refractivity contribution >= 4 is 11.0 Å². The van der Waals surface area contributed by atoms with Crippen LogP contribution in [0.25, 0.3) is 11.0 Å². The Kier molecular flexibility index (Phi) is 2.84. The van der Waals surface area contributed by atoms with Gasteiger partial charge >= 0.3 is 0 Å². The number of para-hydroxylation sites is 1. The Balaban J connectivity index is 2.13. The minimum absolute atomic E-state index is 0.270. The Morgan fingerprint density at radius 1 is 1.11 bits per heavy atom. The molecule has 1 aromatic heterocycles. The van der Waals surface area contributed by atoms with Gasteiger partial charge in [-0.1, -0.05) is 35.9 Å². The van der Waals surface area contributed by atoms with Gasteiger partial charge < -0.3 is 9.52 Å². The predicted octanol–water partition coefficient (Wildman–Crippen LogP) is 3.96. The number of benzene rings is 2. The van der Waals surface area contributed by atoms with Crippen molar-refractivity contribution in [1.82, 2.24) is 0 Å². The molecule has 19 heavy (non-hydrogen) atoms. The zero-order valence-corrected chi connectivity index (χ0v) is 10.4. The molecule has 0 radical (unpaired) electrons. The second-order valence-corrected chi connectivity index (χ2v) is 4.61. The minimum atomic E-state index is -1.02. The summed E-state index contributed by atoms with van der Waals surface area (Å²) in [5, 5.41) is 11.2. The molecule has 0 saturated heterocycles. The first-order chi connectivity index (χ1) is 9.16. The lowest BCUT2D eigenvalue weighted by Crippen LogP contribution is -2.02. The molecule has 3 rings (SSSR count). The highest BCUT2D eigenvalue weighted by Crippen LogP contribution is 2.31. The second kappa shape index (κ2) is 4.52. The van der Waals surface area contributed by atoms with E-state index in [-0.39, 0.29) is 5.56 Å². The number of hydrogen-bond acceptors (Lipinski definition) is 2. The molecule has 1 N–H and O–H groups in total. The maximum atomic E-state index is 13.8. The van der Waals surface area contributed by atoms with Crippen molar-refractivity contribution in [1.29, 1.82) is 0 Å². The Hall–Kier alpha value is -2.13. The van der Waals surface area contributed by atoms with Gasteiger partial charge in [0.1, 0.15) is 17.5 Å². The molecule has 0 aliphatic heterocycles.